The van der Waals surface area contributed by atoms with Crippen LogP contribution in [0.3, 0.4) is 0 Å². The standard InChI is InChI=1S/C14H28Si.2CH3.2ClH.Zr/c1-11-9-10-12(2)14(11)15(3,4)13-7-5-6-8-13;;;;;/h11-14H,5-10H2,1-4H3;2*1H3;2*1H;/q;2*-1;;;+4/p-2. The number of hydrogen-bond acceptors (Lipinski definition) is 0. The third-order valence-electron chi connectivity index (χ3n) is 5.57. The Kier molecular flexibility index (Phi) is 13.5. The Morgan fingerprint density at radius 1 is 0.850 bits per heavy atom. The first kappa shape index (κ1) is 23.9. The molecule has 0 heterocycles. The zero-order chi connectivity index (χ0) is 13.8. The Hall–Kier alpha value is 1.68. The molecular formula is C16H34Cl2SiZr. The van der Waals surface area contributed by atoms with Crippen LogP contribution in [-0.2, 0) is 20.8 Å². The van der Waals surface area contributed by atoms with Gasteiger partial charge in [0.05, 0.1) is 8.07 Å². The molecule has 2 aliphatic rings. The minimum atomic E-state index is -0.963. The first-order valence-corrected chi connectivity index (χ1v) is 16.9. The van der Waals surface area contributed by atoms with Crippen molar-refractivity contribution >= 4 is 25.1 Å². The summed E-state index contributed by atoms with van der Waals surface area (Å²) >= 11 is -0.826. The van der Waals surface area contributed by atoms with Crippen LogP contribution in [0.25, 0.3) is 0 Å². The number of rotatable bonds is 2. The minimum absolute atomic E-state index is 0. The Labute approximate surface area is 148 Å². The molecule has 0 aromatic heterocycles. The monoisotopic (exact) mass is 414 g/mol. The summed E-state index contributed by atoms with van der Waals surface area (Å²) in [6.45, 7) is 10.5. The Morgan fingerprint density at radius 3 is 1.55 bits per heavy atom. The van der Waals surface area contributed by atoms with Gasteiger partial charge in [-0.15, -0.1) is 0 Å². The molecule has 0 spiro atoms. The van der Waals surface area contributed by atoms with E-state index in [9.17, 15) is 0 Å². The Morgan fingerprint density at radius 2 is 1.20 bits per heavy atom. The van der Waals surface area contributed by atoms with Crippen LogP contribution in [0, 0.1) is 26.7 Å². The topological polar surface area (TPSA) is 0 Å². The molecular weight excluding hydrogens is 382 g/mol. The summed E-state index contributed by atoms with van der Waals surface area (Å²) in [7, 11) is 8.90. The summed E-state index contributed by atoms with van der Waals surface area (Å²) in [5.74, 6) is 2.06. The third-order valence-corrected chi connectivity index (χ3v) is 11.1. The van der Waals surface area contributed by atoms with Gasteiger partial charge in [-0.1, -0.05) is 65.5 Å². The van der Waals surface area contributed by atoms with Crippen LogP contribution in [0.2, 0.25) is 24.2 Å². The third kappa shape index (κ3) is 6.05. The van der Waals surface area contributed by atoms with E-state index in [2.05, 4.69) is 26.9 Å². The van der Waals surface area contributed by atoms with Crippen molar-refractivity contribution in [2.24, 2.45) is 11.8 Å². The van der Waals surface area contributed by atoms with Gasteiger partial charge < -0.3 is 14.9 Å². The van der Waals surface area contributed by atoms with Crippen LogP contribution in [0.5, 0.6) is 0 Å². The zero-order valence-electron chi connectivity index (χ0n) is 14.3. The summed E-state index contributed by atoms with van der Waals surface area (Å²) < 4.78 is 0. The molecule has 0 aliphatic heterocycles. The first-order valence-electron chi connectivity index (χ1n) is 7.41. The predicted molar refractivity (Wildman–Crippen MR) is 95.5 cm³/mol. The van der Waals surface area contributed by atoms with Crippen molar-refractivity contribution in [3.8, 4) is 0 Å². The second-order valence-corrected chi connectivity index (χ2v) is 15.8. The number of hydrogen-bond donors (Lipinski definition) is 0. The van der Waals surface area contributed by atoms with Crippen LogP contribution in [-0.4, -0.2) is 8.07 Å². The summed E-state index contributed by atoms with van der Waals surface area (Å²) in [6, 6.07) is 0. The molecule has 0 saturated heterocycles. The van der Waals surface area contributed by atoms with Crippen molar-refractivity contribution in [1.82, 2.24) is 0 Å². The Balaban J connectivity index is 0. The van der Waals surface area contributed by atoms with E-state index in [1.165, 1.54) is 25.7 Å². The van der Waals surface area contributed by atoms with Crippen molar-refractivity contribution in [1.29, 1.82) is 0 Å². The molecule has 20 heavy (non-hydrogen) atoms. The summed E-state index contributed by atoms with van der Waals surface area (Å²) in [4.78, 5) is 0. The molecule has 0 bridgehead atoms. The van der Waals surface area contributed by atoms with Gasteiger partial charge in [0, 0.05) is 0 Å². The molecule has 0 N–H and O–H groups in total. The van der Waals surface area contributed by atoms with E-state index in [0.29, 0.717) is 0 Å². The molecule has 2 fully saturated rings. The molecule has 0 amide bonds. The van der Waals surface area contributed by atoms with Gasteiger partial charge in [0.15, 0.2) is 0 Å². The van der Waals surface area contributed by atoms with Crippen LogP contribution < -0.4 is 0 Å². The Bertz CT molecular complexity index is 233. The molecule has 120 valence electrons. The quantitative estimate of drug-likeness (QED) is 0.326. The van der Waals surface area contributed by atoms with Gasteiger partial charge in [-0.2, -0.15) is 0 Å². The fourth-order valence-corrected chi connectivity index (χ4v) is 10.6. The average Bonchev–Trinajstić information content (AvgIpc) is 2.90. The van der Waals surface area contributed by atoms with E-state index in [0.717, 1.165) is 22.9 Å². The van der Waals surface area contributed by atoms with Gasteiger partial charge >= 0.3 is 37.9 Å². The molecule has 0 aromatic rings. The van der Waals surface area contributed by atoms with E-state index in [1.54, 1.807) is 12.8 Å². The van der Waals surface area contributed by atoms with E-state index in [4.69, 9.17) is 17.0 Å². The molecule has 2 aliphatic carbocycles. The SMILES string of the molecule is CC1CCC(C)C1[Si](C)(C)C1CCCC1.[CH3-].[CH3-].[Cl][Zr+2][Cl]. The van der Waals surface area contributed by atoms with Crippen molar-refractivity contribution in [3.63, 3.8) is 0 Å². The van der Waals surface area contributed by atoms with E-state index in [-0.39, 0.29) is 14.9 Å². The molecule has 2 atom stereocenters. The molecule has 0 aromatic carbocycles. The van der Waals surface area contributed by atoms with Crippen LogP contribution in [0.4, 0.5) is 0 Å². The van der Waals surface area contributed by atoms with Crippen LogP contribution in [0.1, 0.15) is 52.4 Å². The van der Waals surface area contributed by atoms with Gasteiger partial charge in [0.25, 0.3) is 0 Å². The normalized spacial score (nSPS) is 29.6. The van der Waals surface area contributed by atoms with Crippen LogP contribution in [0.15, 0.2) is 0 Å². The average molecular weight is 417 g/mol. The molecule has 2 unspecified atom stereocenters. The van der Waals surface area contributed by atoms with Crippen molar-refractivity contribution in [3.05, 3.63) is 14.9 Å². The van der Waals surface area contributed by atoms with Gasteiger partial charge in [-0.05, 0) is 22.9 Å². The summed E-state index contributed by atoms with van der Waals surface area (Å²) in [5.41, 5.74) is 2.28. The van der Waals surface area contributed by atoms with Crippen molar-refractivity contribution in [2.45, 2.75) is 76.5 Å². The second kappa shape index (κ2) is 11.3. The second-order valence-electron chi connectivity index (χ2n) is 6.93. The molecule has 0 radical (unpaired) electrons. The number of halogens is 2. The van der Waals surface area contributed by atoms with E-state index >= 15 is 0 Å². The molecule has 2 saturated carbocycles. The van der Waals surface area contributed by atoms with Crippen LogP contribution >= 0.6 is 17.0 Å². The maximum atomic E-state index is 4.93. The summed E-state index contributed by atoms with van der Waals surface area (Å²) in [6.07, 6.45) is 9.20. The molecule has 2 rings (SSSR count). The van der Waals surface area contributed by atoms with Crippen molar-refractivity contribution in [2.75, 3.05) is 0 Å². The fourth-order valence-electron chi connectivity index (χ4n) is 4.85. The van der Waals surface area contributed by atoms with Gasteiger partial charge in [0.1, 0.15) is 0 Å². The first-order chi connectivity index (χ1) is 8.45. The van der Waals surface area contributed by atoms with Crippen molar-refractivity contribution < 1.29 is 20.8 Å². The summed E-state index contributed by atoms with van der Waals surface area (Å²) in [5, 5.41) is 0. The maximum absolute atomic E-state index is 4.93. The molecule has 0 nitrogen and oxygen atoms in total. The van der Waals surface area contributed by atoms with Gasteiger partial charge in [0.2, 0.25) is 0 Å². The van der Waals surface area contributed by atoms with E-state index in [1.807, 2.05) is 0 Å². The van der Waals surface area contributed by atoms with E-state index < -0.39 is 28.9 Å². The predicted octanol–water partition coefficient (Wildman–Crippen LogP) is 7.35. The molecule has 4 heteroatoms. The fraction of sp³-hybridized carbons (Fsp3) is 0.875. The van der Waals surface area contributed by atoms with Gasteiger partial charge in [-0.25, -0.2) is 0 Å². The van der Waals surface area contributed by atoms with Gasteiger partial charge in [-0.3, -0.25) is 0 Å². The zero-order valence-corrected chi connectivity index (χ0v) is 19.3.